The quantitative estimate of drug-likeness (QED) is 0.464. The molecule has 0 aliphatic heterocycles. The molecule has 0 bridgehead atoms. The largest absolute Gasteiger partial charge is 1.00 e. The van der Waals surface area contributed by atoms with E-state index < -0.39 is 21.0 Å². The maximum Gasteiger partial charge on any atom is -1.00 e. The second-order valence-corrected chi connectivity index (χ2v) is 15.8. The molecule has 2 aromatic carbocycles. The van der Waals surface area contributed by atoms with Gasteiger partial charge in [-0.2, -0.15) is 0 Å². The minimum atomic E-state index is -2.44. The number of rotatable bonds is 4. The molecule has 142 valence electrons. The molecule has 0 atom stereocenters. The van der Waals surface area contributed by atoms with E-state index in [1.54, 1.807) is 9.91 Å². The van der Waals surface area contributed by atoms with Crippen molar-refractivity contribution >= 4 is 3.26 Å². The molecule has 0 aromatic heterocycles. The maximum atomic E-state index is 2.36. The van der Waals surface area contributed by atoms with Gasteiger partial charge in [0.2, 0.25) is 0 Å². The second kappa shape index (κ2) is 10.5. The second-order valence-electron chi connectivity index (χ2n) is 7.02. The van der Waals surface area contributed by atoms with E-state index in [1.807, 2.05) is 0 Å². The molecule has 28 heavy (non-hydrogen) atoms. The minimum Gasteiger partial charge on any atom is -1.00 e. The van der Waals surface area contributed by atoms with Crippen molar-refractivity contribution in [1.29, 1.82) is 0 Å². The Morgan fingerprint density at radius 3 is 1.36 bits per heavy atom. The third-order valence-electron chi connectivity index (χ3n) is 5.31. The Balaban J connectivity index is 0.00000140. The molecule has 0 saturated heterocycles. The summed E-state index contributed by atoms with van der Waals surface area (Å²) in [5.74, 6) is 0. The molecular formula is C25H24Cl2Hf. The number of hydrogen-bond acceptors (Lipinski definition) is 0. The number of halogens is 2. The van der Waals surface area contributed by atoms with Crippen LogP contribution in [0.25, 0.3) is 0 Å². The SMILES string of the molecule is CC1=[C]([Hf+2]([C]2=C(C)C=CC2)=[C](c2ccccc2)c2ccccc2)CC=C1.[Cl-].[Cl-]. The molecular weight excluding hydrogens is 550 g/mol. The smallest absolute Gasteiger partial charge is 1.00 e. The fraction of sp³-hybridized carbons (Fsp3) is 0.160. The van der Waals surface area contributed by atoms with Crippen LogP contribution in [0.15, 0.2) is 103 Å². The molecule has 0 unspecified atom stereocenters. The molecule has 0 heterocycles. The molecule has 0 N–H and O–H groups in total. The van der Waals surface area contributed by atoms with Crippen LogP contribution in [0.3, 0.4) is 0 Å². The van der Waals surface area contributed by atoms with Crippen molar-refractivity contribution in [2.45, 2.75) is 26.7 Å². The zero-order chi connectivity index (χ0) is 17.9. The van der Waals surface area contributed by atoms with E-state index in [0.717, 1.165) is 12.8 Å². The third kappa shape index (κ3) is 4.65. The van der Waals surface area contributed by atoms with Crippen LogP contribution in [0.2, 0.25) is 0 Å². The van der Waals surface area contributed by atoms with Crippen molar-refractivity contribution in [2.24, 2.45) is 0 Å². The van der Waals surface area contributed by atoms with Crippen LogP contribution in [-0.4, -0.2) is 3.26 Å². The Morgan fingerprint density at radius 1 is 0.643 bits per heavy atom. The summed E-state index contributed by atoms with van der Waals surface area (Å²) in [6.45, 7) is 4.63. The molecule has 0 fully saturated rings. The summed E-state index contributed by atoms with van der Waals surface area (Å²) in [6, 6.07) is 22.2. The summed E-state index contributed by atoms with van der Waals surface area (Å²) in [6.07, 6.45) is 11.7. The monoisotopic (exact) mass is 574 g/mol. The van der Waals surface area contributed by atoms with Gasteiger partial charge in [-0.1, -0.05) is 0 Å². The van der Waals surface area contributed by atoms with Crippen molar-refractivity contribution in [3.63, 3.8) is 0 Å². The molecule has 0 spiro atoms. The van der Waals surface area contributed by atoms with E-state index in [2.05, 4.69) is 98.8 Å². The average molecular weight is 574 g/mol. The van der Waals surface area contributed by atoms with Gasteiger partial charge in [0.1, 0.15) is 0 Å². The van der Waals surface area contributed by atoms with Gasteiger partial charge in [0.15, 0.2) is 0 Å². The first-order valence-corrected chi connectivity index (χ1v) is 14.7. The van der Waals surface area contributed by atoms with Crippen LogP contribution in [0.1, 0.15) is 37.8 Å². The molecule has 4 rings (SSSR count). The summed E-state index contributed by atoms with van der Waals surface area (Å²) in [5.41, 5.74) is 5.87. The Kier molecular flexibility index (Phi) is 8.61. The van der Waals surface area contributed by atoms with Gasteiger partial charge < -0.3 is 24.8 Å². The normalized spacial score (nSPS) is 14.5. The van der Waals surface area contributed by atoms with Gasteiger partial charge in [-0.05, 0) is 0 Å². The van der Waals surface area contributed by atoms with E-state index in [1.165, 1.54) is 22.3 Å². The van der Waals surface area contributed by atoms with Gasteiger partial charge >= 0.3 is 165 Å². The van der Waals surface area contributed by atoms with Crippen LogP contribution in [0.4, 0.5) is 0 Å². The van der Waals surface area contributed by atoms with Crippen molar-refractivity contribution in [3.8, 4) is 0 Å². The molecule has 2 aliphatic carbocycles. The number of hydrogen-bond donors (Lipinski definition) is 0. The number of benzene rings is 2. The van der Waals surface area contributed by atoms with Crippen molar-refractivity contribution in [3.05, 3.63) is 114 Å². The molecule has 0 radical (unpaired) electrons. The zero-order valence-electron chi connectivity index (χ0n) is 16.3. The first-order chi connectivity index (χ1) is 12.8. The summed E-state index contributed by atoms with van der Waals surface area (Å²) < 4.78 is 5.17. The van der Waals surface area contributed by atoms with Gasteiger partial charge in [0.05, 0.1) is 0 Å². The third-order valence-corrected chi connectivity index (χ3v) is 17.8. The molecule has 2 aromatic rings. The number of allylic oxidation sites excluding steroid dienone is 8. The van der Waals surface area contributed by atoms with Crippen molar-refractivity contribution in [2.75, 3.05) is 0 Å². The zero-order valence-corrected chi connectivity index (χ0v) is 21.4. The van der Waals surface area contributed by atoms with E-state index in [4.69, 9.17) is 0 Å². The molecule has 3 heteroatoms. The van der Waals surface area contributed by atoms with E-state index in [-0.39, 0.29) is 24.8 Å². The molecule has 2 aliphatic rings. The van der Waals surface area contributed by atoms with Crippen LogP contribution in [-0.2, 0) is 21.0 Å². The van der Waals surface area contributed by atoms with Gasteiger partial charge in [-0.15, -0.1) is 0 Å². The van der Waals surface area contributed by atoms with Crippen LogP contribution >= 0.6 is 0 Å². The topological polar surface area (TPSA) is 0 Å². The summed E-state index contributed by atoms with van der Waals surface area (Å²) in [4.78, 5) is 0. The fourth-order valence-electron chi connectivity index (χ4n) is 3.98. The average Bonchev–Trinajstić information content (AvgIpc) is 3.29. The molecule has 0 nitrogen and oxygen atoms in total. The predicted molar refractivity (Wildman–Crippen MR) is 109 cm³/mol. The Morgan fingerprint density at radius 2 is 1.04 bits per heavy atom. The Hall–Kier alpha value is -1.28. The fourth-order valence-corrected chi connectivity index (χ4v) is 16.5. The van der Waals surface area contributed by atoms with Crippen LogP contribution < -0.4 is 24.8 Å². The van der Waals surface area contributed by atoms with E-state index in [9.17, 15) is 0 Å². The van der Waals surface area contributed by atoms with Gasteiger partial charge in [-0.25, -0.2) is 0 Å². The molecule has 0 saturated carbocycles. The van der Waals surface area contributed by atoms with Crippen LogP contribution in [0, 0.1) is 0 Å². The summed E-state index contributed by atoms with van der Waals surface area (Å²) in [5, 5.41) is 0. The summed E-state index contributed by atoms with van der Waals surface area (Å²) >= 11 is -2.44. The van der Waals surface area contributed by atoms with E-state index in [0.29, 0.717) is 0 Å². The summed E-state index contributed by atoms with van der Waals surface area (Å²) in [7, 11) is 0. The van der Waals surface area contributed by atoms with E-state index >= 15 is 0 Å². The first-order valence-electron chi connectivity index (χ1n) is 9.34. The first kappa shape index (κ1) is 23.0. The van der Waals surface area contributed by atoms with Gasteiger partial charge in [0.25, 0.3) is 0 Å². The maximum absolute atomic E-state index is 2.44. The van der Waals surface area contributed by atoms with Crippen molar-refractivity contribution in [1.82, 2.24) is 0 Å². The van der Waals surface area contributed by atoms with Gasteiger partial charge in [0, 0.05) is 0 Å². The standard InChI is InChI=1S/C13H10.2C6H7.2ClH.Hf/c1-3-7-12(8-4-1)11-13-9-5-2-6-10-13;2*1-6-4-2-3-5-6;;;/h1-10H;2*2,4H,3H2,1H3;2*1H;/q;;;;;+2/p-2. The van der Waals surface area contributed by atoms with Gasteiger partial charge in [-0.3, -0.25) is 0 Å². The Bertz CT molecular complexity index is 898. The minimum absolute atomic E-state index is 0. The Labute approximate surface area is 188 Å². The predicted octanol–water partition coefficient (Wildman–Crippen LogP) is 0.349. The van der Waals surface area contributed by atoms with Crippen molar-refractivity contribution < 1.29 is 45.8 Å². The molecule has 0 amide bonds. The van der Waals surface area contributed by atoms with Crippen LogP contribution in [0.5, 0.6) is 0 Å².